The summed E-state index contributed by atoms with van der Waals surface area (Å²) in [6.07, 6.45) is 0. The summed E-state index contributed by atoms with van der Waals surface area (Å²) in [4.78, 5) is 0. The molecule has 0 bridgehead atoms. The largest absolute Gasteiger partial charge is 0.320 e. The standard InChI is InChI=1S/C20H15N3/c21-13-14-4-3-5-17(12-14)15-8-10-16(11-9-15)20-18-6-1-2-7-19(18)22-23-20/h1-12,20,22-23H. The van der Waals surface area contributed by atoms with E-state index in [-0.39, 0.29) is 6.04 Å². The summed E-state index contributed by atoms with van der Waals surface area (Å²) in [6.45, 7) is 0. The van der Waals surface area contributed by atoms with Gasteiger partial charge in [-0.2, -0.15) is 5.26 Å². The first-order valence-electron chi connectivity index (χ1n) is 7.56. The molecule has 110 valence electrons. The zero-order valence-electron chi connectivity index (χ0n) is 12.5. The maximum absolute atomic E-state index is 9.02. The van der Waals surface area contributed by atoms with E-state index < -0.39 is 0 Å². The molecule has 0 fully saturated rings. The van der Waals surface area contributed by atoms with Gasteiger partial charge in [-0.25, -0.2) is 5.43 Å². The number of para-hydroxylation sites is 1. The molecule has 3 aromatic rings. The summed E-state index contributed by atoms with van der Waals surface area (Å²) in [7, 11) is 0. The van der Waals surface area contributed by atoms with Crippen LogP contribution in [0, 0.1) is 11.3 Å². The minimum Gasteiger partial charge on any atom is -0.320 e. The van der Waals surface area contributed by atoms with Gasteiger partial charge in [-0.15, -0.1) is 0 Å². The molecule has 1 aliphatic heterocycles. The Morgan fingerprint density at radius 3 is 2.48 bits per heavy atom. The van der Waals surface area contributed by atoms with Gasteiger partial charge in [0.15, 0.2) is 0 Å². The lowest BCUT2D eigenvalue weighted by molar-refractivity contribution is 0.729. The zero-order valence-corrected chi connectivity index (χ0v) is 12.5. The molecule has 0 radical (unpaired) electrons. The van der Waals surface area contributed by atoms with E-state index in [2.05, 4.69) is 59.4 Å². The summed E-state index contributed by atoms with van der Waals surface area (Å²) in [5.74, 6) is 0. The number of fused-ring (bicyclic) bond motifs is 1. The van der Waals surface area contributed by atoms with E-state index in [1.54, 1.807) is 0 Å². The van der Waals surface area contributed by atoms with Crippen molar-refractivity contribution in [3.8, 4) is 17.2 Å². The van der Waals surface area contributed by atoms with Crippen molar-refractivity contribution in [1.29, 1.82) is 5.26 Å². The van der Waals surface area contributed by atoms with Crippen LogP contribution in [0.15, 0.2) is 72.8 Å². The zero-order chi connectivity index (χ0) is 15.6. The predicted octanol–water partition coefficient (Wildman–Crippen LogP) is 4.24. The molecular weight excluding hydrogens is 282 g/mol. The highest BCUT2D eigenvalue weighted by Gasteiger charge is 2.22. The lowest BCUT2D eigenvalue weighted by Gasteiger charge is -2.12. The Labute approximate surface area is 135 Å². The first-order chi connectivity index (χ1) is 11.3. The van der Waals surface area contributed by atoms with Gasteiger partial charge in [0.1, 0.15) is 0 Å². The van der Waals surface area contributed by atoms with Gasteiger partial charge in [-0.1, -0.05) is 54.6 Å². The van der Waals surface area contributed by atoms with Crippen molar-refractivity contribution in [1.82, 2.24) is 5.43 Å². The third-order valence-corrected chi connectivity index (χ3v) is 4.19. The van der Waals surface area contributed by atoms with Gasteiger partial charge in [-0.05, 0) is 40.5 Å². The molecule has 0 spiro atoms. The fourth-order valence-corrected chi connectivity index (χ4v) is 2.99. The first kappa shape index (κ1) is 13.6. The van der Waals surface area contributed by atoms with E-state index in [0.717, 1.165) is 16.8 Å². The molecule has 1 unspecified atom stereocenters. The Bertz CT molecular complexity index is 891. The molecule has 1 atom stereocenters. The van der Waals surface area contributed by atoms with Gasteiger partial charge in [0.05, 0.1) is 23.4 Å². The van der Waals surface area contributed by atoms with Crippen LogP contribution in [-0.4, -0.2) is 0 Å². The van der Waals surface area contributed by atoms with Crippen molar-refractivity contribution in [2.45, 2.75) is 6.04 Å². The Hall–Kier alpha value is -3.09. The highest BCUT2D eigenvalue weighted by molar-refractivity contribution is 5.66. The fourth-order valence-electron chi connectivity index (χ4n) is 2.99. The molecule has 0 saturated heterocycles. The summed E-state index contributed by atoms with van der Waals surface area (Å²) in [5.41, 5.74) is 13.0. The van der Waals surface area contributed by atoms with Crippen LogP contribution in [-0.2, 0) is 0 Å². The summed E-state index contributed by atoms with van der Waals surface area (Å²) >= 11 is 0. The van der Waals surface area contributed by atoms with Crippen LogP contribution >= 0.6 is 0 Å². The second-order valence-electron chi connectivity index (χ2n) is 5.60. The third-order valence-electron chi connectivity index (χ3n) is 4.19. The molecule has 3 nitrogen and oxygen atoms in total. The molecule has 0 amide bonds. The molecule has 3 heteroatoms. The quantitative estimate of drug-likeness (QED) is 0.743. The number of hydrogen-bond acceptors (Lipinski definition) is 3. The lowest BCUT2D eigenvalue weighted by Crippen LogP contribution is -2.19. The Morgan fingerprint density at radius 2 is 1.65 bits per heavy atom. The molecule has 1 aliphatic rings. The molecule has 23 heavy (non-hydrogen) atoms. The molecule has 1 heterocycles. The second kappa shape index (κ2) is 5.60. The Morgan fingerprint density at radius 1 is 0.826 bits per heavy atom. The van der Waals surface area contributed by atoms with Crippen molar-refractivity contribution >= 4 is 5.69 Å². The minimum absolute atomic E-state index is 0.158. The number of nitrogens with zero attached hydrogens (tertiary/aromatic N) is 1. The summed E-state index contributed by atoms with van der Waals surface area (Å²) in [5, 5.41) is 9.02. The molecule has 4 rings (SSSR count). The van der Waals surface area contributed by atoms with Crippen LogP contribution in [0.4, 0.5) is 5.69 Å². The highest BCUT2D eigenvalue weighted by Crippen LogP contribution is 2.33. The Balaban J connectivity index is 1.66. The molecule has 0 saturated carbocycles. The number of rotatable bonds is 2. The van der Waals surface area contributed by atoms with Gasteiger partial charge in [0.25, 0.3) is 0 Å². The summed E-state index contributed by atoms with van der Waals surface area (Å²) < 4.78 is 0. The Kier molecular flexibility index (Phi) is 3.30. The predicted molar refractivity (Wildman–Crippen MR) is 91.6 cm³/mol. The SMILES string of the molecule is N#Cc1cccc(-c2ccc(C3NNc4ccccc43)cc2)c1. The van der Waals surface area contributed by atoms with Crippen LogP contribution in [0.2, 0.25) is 0 Å². The van der Waals surface area contributed by atoms with Gasteiger partial charge >= 0.3 is 0 Å². The van der Waals surface area contributed by atoms with Crippen molar-refractivity contribution < 1.29 is 0 Å². The van der Waals surface area contributed by atoms with Crippen LogP contribution in [0.5, 0.6) is 0 Å². The van der Waals surface area contributed by atoms with Crippen LogP contribution in [0.25, 0.3) is 11.1 Å². The maximum Gasteiger partial charge on any atom is 0.0991 e. The second-order valence-corrected chi connectivity index (χ2v) is 5.60. The van der Waals surface area contributed by atoms with Crippen LogP contribution in [0.1, 0.15) is 22.7 Å². The summed E-state index contributed by atoms with van der Waals surface area (Å²) in [6, 6.07) is 26.8. The van der Waals surface area contributed by atoms with Crippen molar-refractivity contribution in [2.75, 3.05) is 5.43 Å². The molecule has 3 aromatic carbocycles. The maximum atomic E-state index is 9.02. The number of hydrazine groups is 1. The third kappa shape index (κ3) is 2.46. The van der Waals surface area contributed by atoms with Crippen molar-refractivity contribution in [2.24, 2.45) is 0 Å². The van der Waals surface area contributed by atoms with Gasteiger partial charge in [-0.3, -0.25) is 0 Å². The van der Waals surface area contributed by atoms with Gasteiger partial charge < -0.3 is 5.43 Å². The molecule has 2 N–H and O–H groups in total. The van der Waals surface area contributed by atoms with E-state index in [4.69, 9.17) is 5.26 Å². The van der Waals surface area contributed by atoms with Gasteiger partial charge in [0, 0.05) is 0 Å². The average Bonchev–Trinajstić information content (AvgIpc) is 3.06. The smallest absolute Gasteiger partial charge is 0.0991 e. The van der Waals surface area contributed by atoms with Crippen molar-refractivity contribution in [3.63, 3.8) is 0 Å². The van der Waals surface area contributed by atoms with Gasteiger partial charge in [0.2, 0.25) is 0 Å². The van der Waals surface area contributed by atoms with Crippen molar-refractivity contribution in [3.05, 3.63) is 89.5 Å². The van der Waals surface area contributed by atoms with E-state index >= 15 is 0 Å². The van der Waals surface area contributed by atoms with Crippen LogP contribution in [0.3, 0.4) is 0 Å². The monoisotopic (exact) mass is 297 g/mol. The molecular formula is C20H15N3. The van der Waals surface area contributed by atoms with E-state index in [9.17, 15) is 0 Å². The number of anilines is 1. The normalized spacial score (nSPS) is 15.5. The van der Waals surface area contributed by atoms with E-state index in [1.165, 1.54) is 11.1 Å². The highest BCUT2D eigenvalue weighted by atomic mass is 15.4. The van der Waals surface area contributed by atoms with E-state index in [1.807, 2.05) is 30.3 Å². The molecule has 0 aromatic heterocycles. The average molecular weight is 297 g/mol. The number of nitrogens with one attached hydrogen (secondary N) is 2. The van der Waals surface area contributed by atoms with Crippen LogP contribution < -0.4 is 10.9 Å². The first-order valence-corrected chi connectivity index (χ1v) is 7.56. The molecule has 0 aliphatic carbocycles. The minimum atomic E-state index is 0.158. The topological polar surface area (TPSA) is 47.9 Å². The number of nitriles is 1. The van der Waals surface area contributed by atoms with E-state index in [0.29, 0.717) is 5.56 Å². The number of hydrogen-bond donors (Lipinski definition) is 2. The number of benzene rings is 3. The fraction of sp³-hybridized carbons (Fsp3) is 0.0500. The lowest BCUT2D eigenvalue weighted by atomic mass is 9.96.